The van der Waals surface area contributed by atoms with E-state index in [1.54, 1.807) is 0 Å². The van der Waals surface area contributed by atoms with E-state index in [1.165, 1.54) is 32.1 Å². The van der Waals surface area contributed by atoms with Crippen LogP contribution in [0, 0.1) is 0 Å². The minimum Gasteiger partial charge on any atom is -0.550 e. The van der Waals surface area contributed by atoms with Crippen LogP contribution in [0.5, 0.6) is 0 Å². The van der Waals surface area contributed by atoms with E-state index in [1.807, 2.05) is 0 Å². The number of unbranched alkanes of at least 4 members (excludes halogenated alkanes) is 7. The van der Waals surface area contributed by atoms with Crippen LogP contribution in [0.1, 0.15) is 77.0 Å². The van der Waals surface area contributed by atoms with Crippen LogP contribution in [0.25, 0.3) is 0 Å². The first-order valence-electron chi connectivity index (χ1n) is 8.20. The topological polar surface area (TPSA) is 72.9 Å². The molecule has 4 heteroatoms. The molecule has 0 spiro atoms. The molecular formula is C16H29O4-. The minimum atomic E-state index is -0.932. The van der Waals surface area contributed by atoms with Crippen molar-refractivity contribution in [3.63, 3.8) is 0 Å². The van der Waals surface area contributed by atoms with Crippen LogP contribution in [-0.4, -0.2) is 29.9 Å². The van der Waals surface area contributed by atoms with Gasteiger partial charge in [-0.1, -0.05) is 44.9 Å². The van der Waals surface area contributed by atoms with Crippen molar-refractivity contribution in [1.29, 1.82) is 0 Å². The molecule has 0 aromatic rings. The summed E-state index contributed by atoms with van der Waals surface area (Å²) in [7, 11) is 0. The SMILES string of the molecule is O=C([O-])CCCCCCCC1OC1CCCCCCO. The summed E-state index contributed by atoms with van der Waals surface area (Å²) >= 11 is 0. The number of aliphatic carboxylic acids is 1. The van der Waals surface area contributed by atoms with Crippen molar-refractivity contribution in [3.05, 3.63) is 0 Å². The summed E-state index contributed by atoms with van der Waals surface area (Å²) in [5, 5.41) is 18.9. The average molecular weight is 285 g/mol. The molecule has 1 saturated heterocycles. The van der Waals surface area contributed by atoms with Crippen molar-refractivity contribution in [1.82, 2.24) is 0 Å². The van der Waals surface area contributed by atoms with Crippen LogP contribution in [-0.2, 0) is 9.53 Å². The van der Waals surface area contributed by atoms with Gasteiger partial charge in [0.2, 0.25) is 0 Å². The third-order valence-electron chi connectivity index (χ3n) is 3.95. The number of aliphatic hydroxyl groups excluding tert-OH is 1. The van der Waals surface area contributed by atoms with Crippen molar-refractivity contribution < 1.29 is 19.7 Å². The molecule has 118 valence electrons. The molecule has 4 nitrogen and oxygen atoms in total. The summed E-state index contributed by atoms with van der Waals surface area (Å²) in [5.74, 6) is -0.932. The van der Waals surface area contributed by atoms with Gasteiger partial charge in [-0.25, -0.2) is 0 Å². The zero-order valence-corrected chi connectivity index (χ0v) is 12.5. The van der Waals surface area contributed by atoms with Gasteiger partial charge >= 0.3 is 0 Å². The largest absolute Gasteiger partial charge is 0.550 e. The van der Waals surface area contributed by atoms with E-state index in [0.717, 1.165) is 38.5 Å². The maximum atomic E-state index is 10.2. The van der Waals surface area contributed by atoms with E-state index < -0.39 is 5.97 Å². The molecule has 0 bridgehead atoms. The van der Waals surface area contributed by atoms with Gasteiger partial charge in [0.15, 0.2) is 0 Å². The number of rotatable bonds is 14. The second kappa shape index (κ2) is 11.1. The Morgan fingerprint density at radius 1 is 0.850 bits per heavy atom. The molecule has 2 atom stereocenters. The minimum absolute atomic E-state index is 0.199. The van der Waals surface area contributed by atoms with Gasteiger partial charge in [-0.05, 0) is 32.1 Å². The molecule has 2 unspecified atom stereocenters. The number of hydrogen-bond acceptors (Lipinski definition) is 4. The highest BCUT2D eigenvalue weighted by atomic mass is 16.6. The molecule has 1 aliphatic heterocycles. The highest BCUT2D eigenvalue weighted by molar-refractivity contribution is 5.63. The van der Waals surface area contributed by atoms with E-state index >= 15 is 0 Å². The maximum absolute atomic E-state index is 10.2. The quantitative estimate of drug-likeness (QED) is 0.392. The molecule has 0 amide bonds. The molecule has 0 aromatic carbocycles. The Bertz CT molecular complexity index is 255. The van der Waals surface area contributed by atoms with Crippen molar-refractivity contribution in [3.8, 4) is 0 Å². The van der Waals surface area contributed by atoms with Gasteiger partial charge in [-0.2, -0.15) is 0 Å². The predicted molar refractivity (Wildman–Crippen MR) is 76.2 cm³/mol. The summed E-state index contributed by atoms with van der Waals surface area (Å²) in [5.41, 5.74) is 0. The van der Waals surface area contributed by atoms with Gasteiger partial charge in [0.1, 0.15) is 0 Å². The van der Waals surface area contributed by atoms with Crippen molar-refractivity contribution >= 4 is 5.97 Å². The maximum Gasteiger partial charge on any atom is 0.0841 e. The molecule has 0 radical (unpaired) electrons. The Kier molecular flexibility index (Phi) is 9.67. The first-order chi connectivity index (χ1) is 9.74. The Morgan fingerprint density at radius 2 is 1.35 bits per heavy atom. The van der Waals surface area contributed by atoms with Crippen molar-refractivity contribution in [2.75, 3.05) is 6.61 Å². The molecule has 0 aliphatic carbocycles. The number of hydrogen-bond donors (Lipinski definition) is 1. The van der Waals surface area contributed by atoms with E-state index in [9.17, 15) is 9.90 Å². The average Bonchev–Trinajstić information content (AvgIpc) is 3.15. The molecule has 1 N–H and O–H groups in total. The molecule has 20 heavy (non-hydrogen) atoms. The molecule has 0 saturated carbocycles. The van der Waals surface area contributed by atoms with Crippen LogP contribution >= 0.6 is 0 Å². The number of carbonyl (C=O) groups excluding carboxylic acids is 1. The van der Waals surface area contributed by atoms with E-state index in [0.29, 0.717) is 18.8 Å². The molecule has 0 aromatic heterocycles. The molecular weight excluding hydrogens is 256 g/mol. The van der Waals surface area contributed by atoms with Crippen LogP contribution in [0.15, 0.2) is 0 Å². The normalized spacial score (nSPS) is 21.1. The fourth-order valence-corrected chi connectivity index (χ4v) is 2.64. The Labute approximate surface area is 122 Å². The highest BCUT2D eigenvalue weighted by Crippen LogP contribution is 2.31. The number of epoxide rings is 1. The first kappa shape index (κ1) is 17.4. The lowest BCUT2D eigenvalue weighted by molar-refractivity contribution is -0.305. The van der Waals surface area contributed by atoms with E-state index in [4.69, 9.17) is 9.84 Å². The fraction of sp³-hybridized carbons (Fsp3) is 0.938. The summed E-state index contributed by atoms with van der Waals surface area (Å²) in [6.45, 7) is 0.311. The molecule has 1 fully saturated rings. The number of carbonyl (C=O) groups is 1. The second-order valence-electron chi connectivity index (χ2n) is 5.82. The standard InChI is InChI=1S/C16H30O4/c17-13-9-5-4-7-11-15-14(20-15)10-6-2-1-3-8-12-16(18)19/h14-15,17H,1-13H2,(H,18,19)/p-1. The summed E-state index contributed by atoms with van der Waals surface area (Å²) < 4.78 is 5.65. The monoisotopic (exact) mass is 285 g/mol. The number of carboxylic acids is 1. The molecule has 1 aliphatic rings. The van der Waals surface area contributed by atoms with Crippen LogP contribution in [0.2, 0.25) is 0 Å². The lowest BCUT2D eigenvalue weighted by Gasteiger charge is -2.02. The predicted octanol–water partition coefficient (Wildman–Crippen LogP) is 2.18. The van der Waals surface area contributed by atoms with Crippen LogP contribution in [0.3, 0.4) is 0 Å². The second-order valence-corrected chi connectivity index (χ2v) is 5.82. The summed E-state index contributed by atoms with van der Waals surface area (Å²) in [6.07, 6.45) is 13.2. The van der Waals surface area contributed by atoms with Gasteiger partial charge in [0.25, 0.3) is 0 Å². The Hall–Kier alpha value is -0.610. The Morgan fingerprint density at radius 3 is 1.90 bits per heavy atom. The summed E-state index contributed by atoms with van der Waals surface area (Å²) in [4.78, 5) is 10.2. The van der Waals surface area contributed by atoms with Crippen LogP contribution < -0.4 is 5.11 Å². The van der Waals surface area contributed by atoms with E-state index in [2.05, 4.69) is 0 Å². The van der Waals surface area contributed by atoms with Gasteiger partial charge in [0, 0.05) is 12.6 Å². The zero-order chi connectivity index (χ0) is 14.6. The van der Waals surface area contributed by atoms with Crippen LogP contribution in [0.4, 0.5) is 0 Å². The van der Waals surface area contributed by atoms with Gasteiger partial charge in [0.05, 0.1) is 12.2 Å². The first-order valence-corrected chi connectivity index (χ1v) is 8.20. The van der Waals surface area contributed by atoms with Gasteiger partial charge < -0.3 is 19.7 Å². The molecule has 1 heterocycles. The van der Waals surface area contributed by atoms with Crippen molar-refractivity contribution in [2.24, 2.45) is 0 Å². The number of carboxylic acid groups (broad SMARTS) is 1. The lowest BCUT2D eigenvalue weighted by Crippen LogP contribution is -2.21. The highest BCUT2D eigenvalue weighted by Gasteiger charge is 2.36. The smallest absolute Gasteiger partial charge is 0.0841 e. The zero-order valence-electron chi connectivity index (χ0n) is 12.5. The third-order valence-corrected chi connectivity index (χ3v) is 3.95. The number of aliphatic hydroxyl groups is 1. The lowest BCUT2D eigenvalue weighted by atomic mass is 10.0. The fourth-order valence-electron chi connectivity index (χ4n) is 2.64. The van der Waals surface area contributed by atoms with E-state index in [-0.39, 0.29) is 6.42 Å². The van der Waals surface area contributed by atoms with Gasteiger partial charge in [-0.3, -0.25) is 0 Å². The third kappa shape index (κ3) is 9.32. The number of ether oxygens (including phenoxy) is 1. The summed E-state index contributed by atoms with van der Waals surface area (Å²) in [6, 6.07) is 0. The van der Waals surface area contributed by atoms with Crippen molar-refractivity contribution in [2.45, 2.75) is 89.3 Å². The van der Waals surface area contributed by atoms with Gasteiger partial charge in [-0.15, -0.1) is 0 Å². The Balaban J connectivity index is 1.77. The molecule has 1 rings (SSSR count).